The van der Waals surface area contributed by atoms with E-state index in [0.717, 1.165) is 37.6 Å². The van der Waals surface area contributed by atoms with Gasteiger partial charge in [-0.25, -0.2) is 4.99 Å². The van der Waals surface area contributed by atoms with Crippen LogP contribution in [0.5, 0.6) is 0 Å². The third kappa shape index (κ3) is 5.00. The van der Waals surface area contributed by atoms with Gasteiger partial charge in [0.2, 0.25) is 0 Å². The first kappa shape index (κ1) is 16.8. The Bertz CT molecular complexity index is 535. The van der Waals surface area contributed by atoms with Crippen LogP contribution in [0.15, 0.2) is 29.3 Å². The highest BCUT2D eigenvalue weighted by atomic mass is 32.2. The highest BCUT2D eigenvalue weighted by Crippen LogP contribution is 2.20. The van der Waals surface area contributed by atoms with Gasteiger partial charge < -0.3 is 9.84 Å². The van der Waals surface area contributed by atoms with Crippen molar-refractivity contribution in [2.24, 2.45) is 4.99 Å². The van der Waals surface area contributed by atoms with Crippen LogP contribution in [0.2, 0.25) is 0 Å². The quantitative estimate of drug-likeness (QED) is 0.378. The molecule has 0 spiro atoms. The minimum absolute atomic E-state index is 0.520. The van der Waals surface area contributed by atoms with Crippen molar-refractivity contribution in [3.63, 3.8) is 0 Å². The molecule has 1 fully saturated rings. The highest BCUT2D eigenvalue weighted by Gasteiger charge is 2.16. The summed E-state index contributed by atoms with van der Waals surface area (Å²) in [6.07, 6.45) is 3.19. The molecule has 6 nitrogen and oxygen atoms in total. The molecule has 2 rings (SSSR count). The van der Waals surface area contributed by atoms with Crippen molar-refractivity contribution >= 4 is 22.6 Å². The van der Waals surface area contributed by atoms with Crippen LogP contribution in [0.3, 0.4) is 0 Å². The molecule has 0 aliphatic carbocycles. The largest absolute Gasteiger partial charge is 0.387 e. The second-order valence-electron chi connectivity index (χ2n) is 4.88. The summed E-state index contributed by atoms with van der Waals surface area (Å²) in [5.74, 6) is 0. The first-order chi connectivity index (χ1) is 10.7. The van der Waals surface area contributed by atoms with E-state index in [1.807, 2.05) is 36.7 Å². The molecule has 1 aliphatic heterocycles. The molecule has 1 unspecified atom stereocenters. The van der Waals surface area contributed by atoms with Crippen LogP contribution in [0.25, 0.3) is 0 Å². The van der Waals surface area contributed by atoms with Gasteiger partial charge in [-0.1, -0.05) is 23.9 Å². The van der Waals surface area contributed by atoms with E-state index in [1.54, 1.807) is 0 Å². The standard InChI is InChI=1S/C15H20N4O2S/c1-22-15(17-11-16)18-13-4-2-12(3-5-13)14(20)10-19-6-8-21-9-7-19/h2-5,14,20H,6-10H2,1H3,(H,17,18). The van der Waals surface area contributed by atoms with Crippen molar-refractivity contribution in [3.05, 3.63) is 29.8 Å². The Labute approximate surface area is 134 Å². The minimum atomic E-state index is -0.520. The van der Waals surface area contributed by atoms with Gasteiger partial charge in [0.1, 0.15) is 0 Å². The maximum Gasteiger partial charge on any atom is 0.183 e. The van der Waals surface area contributed by atoms with E-state index in [4.69, 9.17) is 10.00 Å². The van der Waals surface area contributed by atoms with E-state index in [9.17, 15) is 5.11 Å². The van der Waals surface area contributed by atoms with Crippen LogP contribution in [0, 0.1) is 11.5 Å². The lowest BCUT2D eigenvalue weighted by Crippen LogP contribution is -2.38. The van der Waals surface area contributed by atoms with Gasteiger partial charge in [-0.2, -0.15) is 5.26 Å². The number of nitriles is 1. The average molecular weight is 320 g/mol. The normalized spacial score (nSPS) is 17.8. The second kappa shape index (κ2) is 8.76. The number of nitrogens with one attached hydrogen (secondary N) is 1. The van der Waals surface area contributed by atoms with Crippen LogP contribution in [0.4, 0.5) is 5.69 Å². The summed E-state index contributed by atoms with van der Waals surface area (Å²) in [4.78, 5) is 6.52. The molecule has 7 heteroatoms. The predicted molar refractivity (Wildman–Crippen MR) is 88.0 cm³/mol. The lowest BCUT2D eigenvalue weighted by Gasteiger charge is -2.28. The maximum atomic E-state index is 10.3. The molecule has 22 heavy (non-hydrogen) atoms. The van der Waals surface area contributed by atoms with Gasteiger partial charge >= 0.3 is 0 Å². The molecular formula is C15H20N4O2S. The number of hydrogen-bond acceptors (Lipinski definition) is 6. The number of thioether (sulfide) groups is 1. The van der Waals surface area contributed by atoms with E-state index >= 15 is 0 Å². The maximum absolute atomic E-state index is 10.3. The second-order valence-corrected chi connectivity index (χ2v) is 5.67. The number of aliphatic imine (C=N–C) groups is 1. The number of morpholine rings is 1. The number of hydrogen-bond donors (Lipinski definition) is 2. The predicted octanol–water partition coefficient (Wildman–Crippen LogP) is 1.47. The van der Waals surface area contributed by atoms with Crippen LogP contribution < -0.4 is 5.32 Å². The van der Waals surface area contributed by atoms with Crippen LogP contribution in [0.1, 0.15) is 11.7 Å². The van der Waals surface area contributed by atoms with Gasteiger partial charge in [0.05, 0.1) is 25.0 Å². The van der Waals surface area contributed by atoms with E-state index in [0.29, 0.717) is 11.7 Å². The Balaban J connectivity index is 1.97. The first-order valence-corrected chi connectivity index (χ1v) is 8.31. The lowest BCUT2D eigenvalue weighted by atomic mass is 10.1. The smallest absolute Gasteiger partial charge is 0.183 e. The number of β-amino-alcohol motifs (C(OH)–C–C–N with tert-alkyl or cyclic N) is 1. The zero-order valence-electron chi connectivity index (χ0n) is 12.5. The molecular weight excluding hydrogens is 300 g/mol. The lowest BCUT2D eigenvalue weighted by molar-refractivity contribution is 0.0143. The molecule has 0 radical (unpaired) electrons. The van der Waals surface area contributed by atoms with Crippen LogP contribution in [-0.2, 0) is 4.74 Å². The first-order valence-electron chi connectivity index (χ1n) is 7.09. The molecule has 1 aromatic rings. The number of benzene rings is 1. The molecule has 1 aliphatic rings. The number of aliphatic hydroxyl groups excluding tert-OH is 1. The Morgan fingerprint density at radius 1 is 1.45 bits per heavy atom. The fourth-order valence-electron chi connectivity index (χ4n) is 2.19. The average Bonchev–Trinajstić information content (AvgIpc) is 2.56. The summed E-state index contributed by atoms with van der Waals surface area (Å²) in [7, 11) is 0. The van der Waals surface area contributed by atoms with Crippen molar-refractivity contribution < 1.29 is 9.84 Å². The third-order valence-electron chi connectivity index (χ3n) is 3.40. The molecule has 118 valence electrons. The van der Waals surface area contributed by atoms with Gasteiger partial charge in [-0.15, -0.1) is 0 Å². The van der Waals surface area contributed by atoms with Crippen LogP contribution >= 0.6 is 11.8 Å². The fraction of sp³-hybridized carbons (Fsp3) is 0.467. The van der Waals surface area contributed by atoms with E-state index in [-0.39, 0.29) is 0 Å². The SMILES string of the molecule is CSC(=Nc1ccc(C(O)CN2CCOCC2)cc1)NC#N. The van der Waals surface area contributed by atoms with Gasteiger partial charge in [0, 0.05) is 19.6 Å². The molecule has 0 amide bonds. The summed E-state index contributed by atoms with van der Waals surface area (Å²) < 4.78 is 5.30. The monoisotopic (exact) mass is 320 g/mol. The summed E-state index contributed by atoms with van der Waals surface area (Å²) >= 11 is 1.37. The number of amidine groups is 1. The molecule has 2 N–H and O–H groups in total. The molecule has 0 bridgehead atoms. The molecule has 1 aromatic carbocycles. The number of ether oxygens (including phenoxy) is 1. The Morgan fingerprint density at radius 2 is 2.14 bits per heavy atom. The van der Waals surface area contributed by atoms with E-state index < -0.39 is 6.10 Å². The number of nitrogens with zero attached hydrogens (tertiary/aromatic N) is 3. The van der Waals surface area contributed by atoms with Gasteiger partial charge in [0.15, 0.2) is 11.4 Å². The zero-order valence-corrected chi connectivity index (χ0v) is 13.3. The van der Waals surface area contributed by atoms with Gasteiger partial charge in [0.25, 0.3) is 0 Å². The van der Waals surface area contributed by atoms with Crippen molar-refractivity contribution in [2.75, 3.05) is 39.1 Å². The molecule has 1 atom stereocenters. The van der Waals surface area contributed by atoms with Crippen molar-refractivity contribution in [3.8, 4) is 6.19 Å². The molecule has 0 saturated carbocycles. The Kier molecular flexibility index (Phi) is 6.68. The molecule has 0 aromatic heterocycles. The van der Waals surface area contributed by atoms with E-state index in [2.05, 4.69) is 15.2 Å². The summed E-state index contributed by atoms with van der Waals surface area (Å²) in [6, 6.07) is 7.42. The minimum Gasteiger partial charge on any atom is -0.387 e. The van der Waals surface area contributed by atoms with Gasteiger partial charge in [-0.05, 0) is 24.0 Å². The van der Waals surface area contributed by atoms with Gasteiger partial charge in [-0.3, -0.25) is 10.2 Å². The topological polar surface area (TPSA) is 80.9 Å². The third-order valence-corrected chi connectivity index (χ3v) is 3.98. The zero-order chi connectivity index (χ0) is 15.8. The number of aliphatic hydroxyl groups is 1. The highest BCUT2D eigenvalue weighted by molar-refractivity contribution is 8.13. The fourth-order valence-corrected chi connectivity index (χ4v) is 2.54. The van der Waals surface area contributed by atoms with E-state index in [1.165, 1.54) is 11.8 Å². The Hall–Kier alpha value is -1.59. The summed E-state index contributed by atoms with van der Waals surface area (Å²) in [6.45, 7) is 3.78. The number of rotatable bonds is 4. The molecule has 1 saturated heterocycles. The molecule has 1 heterocycles. The van der Waals surface area contributed by atoms with Crippen molar-refractivity contribution in [1.29, 1.82) is 5.26 Å². The van der Waals surface area contributed by atoms with Crippen molar-refractivity contribution in [2.45, 2.75) is 6.10 Å². The Morgan fingerprint density at radius 3 is 2.73 bits per heavy atom. The summed E-state index contributed by atoms with van der Waals surface area (Å²) in [5, 5.41) is 22.0. The van der Waals surface area contributed by atoms with Crippen LogP contribution in [-0.4, -0.2) is 54.3 Å². The summed E-state index contributed by atoms with van der Waals surface area (Å²) in [5.41, 5.74) is 1.61. The van der Waals surface area contributed by atoms with Crippen molar-refractivity contribution in [1.82, 2.24) is 10.2 Å².